The molecule has 0 aromatic heterocycles. The average Bonchev–Trinajstić information content (AvgIpc) is 2.02. The van der Waals surface area contributed by atoms with E-state index in [2.05, 4.69) is 5.32 Å². The minimum atomic E-state index is -0.390. The molecule has 3 heteroatoms. The highest BCUT2D eigenvalue weighted by Gasteiger charge is 2.20. The first-order valence-corrected chi connectivity index (χ1v) is 5.47. The summed E-state index contributed by atoms with van der Waals surface area (Å²) in [7, 11) is 0. The minimum absolute atomic E-state index is 0. The average molecular weight is 201 g/mol. The van der Waals surface area contributed by atoms with Gasteiger partial charge in [0.05, 0.1) is 0 Å². The van der Waals surface area contributed by atoms with Crippen LogP contribution in [0.1, 0.15) is 54.3 Å². The van der Waals surface area contributed by atoms with Gasteiger partial charge in [0.15, 0.2) is 0 Å². The molecule has 1 aliphatic rings. The Kier molecular flexibility index (Phi) is 3.78. The molecule has 0 bridgehead atoms. The molecule has 0 heterocycles. The molecule has 3 nitrogen and oxygen atoms in total. The van der Waals surface area contributed by atoms with Crippen LogP contribution in [0.2, 0.25) is 0 Å². The van der Waals surface area contributed by atoms with Gasteiger partial charge in [0, 0.05) is 7.47 Å². The summed E-state index contributed by atoms with van der Waals surface area (Å²) >= 11 is 0. The fraction of sp³-hybridized carbons (Fsp3) is 0.909. The SMILES string of the molecule is CC(C)(C)OC(=O)NC1CCCCC1.[HH]. The summed E-state index contributed by atoms with van der Waals surface area (Å²) < 4.78 is 5.19. The van der Waals surface area contributed by atoms with Crippen molar-refractivity contribution in [3.63, 3.8) is 0 Å². The molecule has 0 aromatic rings. The van der Waals surface area contributed by atoms with E-state index in [1.54, 1.807) is 0 Å². The van der Waals surface area contributed by atoms with Gasteiger partial charge >= 0.3 is 6.09 Å². The molecular weight excluding hydrogens is 178 g/mol. The molecule has 0 unspecified atom stereocenters. The van der Waals surface area contributed by atoms with Gasteiger partial charge in [-0.3, -0.25) is 0 Å². The molecule has 1 N–H and O–H groups in total. The summed E-state index contributed by atoms with van der Waals surface area (Å²) in [4.78, 5) is 11.4. The van der Waals surface area contributed by atoms with Crippen LogP contribution in [0.4, 0.5) is 4.79 Å². The van der Waals surface area contributed by atoms with E-state index in [4.69, 9.17) is 4.74 Å². The highest BCUT2D eigenvalue weighted by Crippen LogP contribution is 2.18. The van der Waals surface area contributed by atoms with Crippen LogP contribution in [0.5, 0.6) is 0 Å². The zero-order valence-electron chi connectivity index (χ0n) is 9.43. The van der Waals surface area contributed by atoms with Crippen LogP contribution in [-0.2, 0) is 4.74 Å². The Bertz CT molecular complexity index is 195. The number of carbonyl (C=O) groups is 1. The molecule has 1 rings (SSSR count). The molecular formula is C11H23NO2. The Balaban J connectivity index is 0.00000196. The number of rotatable bonds is 1. The van der Waals surface area contributed by atoms with E-state index in [1.807, 2.05) is 20.8 Å². The normalized spacial score (nSPS) is 19.1. The fourth-order valence-electron chi connectivity index (χ4n) is 1.72. The van der Waals surface area contributed by atoms with Crippen molar-refractivity contribution in [3.8, 4) is 0 Å². The highest BCUT2D eigenvalue weighted by atomic mass is 16.6. The van der Waals surface area contributed by atoms with Crippen molar-refractivity contribution in [3.05, 3.63) is 0 Å². The van der Waals surface area contributed by atoms with Crippen molar-refractivity contribution >= 4 is 6.09 Å². The maximum Gasteiger partial charge on any atom is 0.407 e. The van der Waals surface area contributed by atoms with Crippen molar-refractivity contribution in [2.24, 2.45) is 0 Å². The Labute approximate surface area is 87.7 Å². The van der Waals surface area contributed by atoms with Crippen LogP contribution in [0.3, 0.4) is 0 Å². The van der Waals surface area contributed by atoms with Crippen LogP contribution in [0, 0.1) is 0 Å². The monoisotopic (exact) mass is 201 g/mol. The minimum Gasteiger partial charge on any atom is -0.444 e. The zero-order chi connectivity index (χ0) is 10.6. The lowest BCUT2D eigenvalue weighted by atomic mass is 9.96. The van der Waals surface area contributed by atoms with E-state index in [-0.39, 0.29) is 7.52 Å². The largest absolute Gasteiger partial charge is 0.444 e. The third-order valence-electron chi connectivity index (χ3n) is 2.33. The highest BCUT2D eigenvalue weighted by molar-refractivity contribution is 5.68. The maximum absolute atomic E-state index is 11.4. The van der Waals surface area contributed by atoms with Crippen LogP contribution >= 0.6 is 0 Å². The maximum atomic E-state index is 11.4. The van der Waals surface area contributed by atoms with Crippen molar-refractivity contribution in [1.82, 2.24) is 5.32 Å². The van der Waals surface area contributed by atoms with Crippen LogP contribution in [0.15, 0.2) is 0 Å². The molecule has 0 aromatic carbocycles. The number of alkyl carbamates (subject to hydrolysis) is 1. The molecule has 1 aliphatic carbocycles. The second kappa shape index (κ2) is 4.67. The smallest absolute Gasteiger partial charge is 0.407 e. The molecule has 0 atom stereocenters. The van der Waals surface area contributed by atoms with Gasteiger partial charge in [0.25, 0.3) is 0 Å². The standard InChI is InChI=1S/C11H21NO2.H2/c1-11(2,3)14-10(13)12-9-7-5-4-6-8-9;/h9H,4-8H2,1-3H3,(H,12,13);1H. The predicted octanol–water partition coefficient (Wildman–Crippen LogP) is 3.09. The molecule has 0 spiro atoms. The molecule has 1 amide bonds. The molecule has 0 aliphatic heterocycles. The summed E-state index contributed by atoms with van der Waals surface area (Å²) in [6.45, 7) is 5.65. The number of hydrogen-bond donors (Lipinski definition) is 1. The van der Waals surface area contributed by atoms with E-state index in [1.165, 1.54) is 19.3 Å². The first kappa shape index (κ1) is 11.3. The van der Waals surface area contributed by atoms with Crippen LogP contribution in [-0.4, -0.2) is 17.7 Å². The number of ether oxygens (including phenoxy) is 1. The second-order valence-electron chi connectivity index (χ2n) is 4.98. The van der Waals surface area contributed by atoms with E-state index in [0.717, 1.165) is 12.8 Å². The van der Waals surface area contributed by atoms with Gasteiger partial charge in [0.2, 0.25) is 0 Å². The summed E-state index contributed by atoms with van der Waals surface area (Å²) in [6.07, 6.45) is 5.66. The third kappa shape index (κ3) is 4.49. The van der Waals surface area contributed by atoms with Crippen molar-refractivity contribution < 1.29 is 11.0 Å². The summed E-state index contributed by atoms with van der Waals surface area (Å²) in [5, 5.41) is 2.91. The van der Waals surface area contributed by atoms with Crippen molar-refractivity contribution in [2.45, 2.75) is 64.5 Å². The lowest BCUT2D eigenvalue weighted by Crippen LogP contribution is -2.39. The topological polar surface area (TPSA) is 38.3 Å². The van der Waals surface area contributed by atoms with Gasteiger partial charge in [-0.2, -0.15) is 0 Å². The fourth-order valence-corrected chi connectivity index (χ4v) is 1.72. The summed E-state index contributed by atoms with van der Waals surface area (Å²) in [5.41, 5.74) is -0.390. The van der Waals surface area contributed by atoms with Crippen molar-refractivity contribution in [2.75, 3.05) is 0 Å². The van der Waals surface area contributed by atoms with Gasteiger partial charge in [-0.25, -0.2) is 4.79 Å². The molecule has 84 valence electrons. The Morgan fingerprint density at radius 1 is 1.29 bits per heavy atom. The van der Waals surface area contributed by atoms with E-state index in [9.17, 15) is 4.79 Å². The molecule has 1 fully saturated rings. The molecule has 0 saturated heterocycles. The Morgan fingerprint density at radius 2 is 1.86 bits per heavy atom. The molecule has 0 radical (unpaired) electrons. The van der Waals surface area contributed by atoms with E-state index >= 15 is 0 Å². The number of carbonyl (C=O) groups excluding carboxylic acids is 1. The first-order chi connectivity index (χ1) is 6.47. The molecule has 14 heavy (non-hydrogen) atoms. The summed E-state index contributed by atoms with van der Waals surface area (Å²) in [6, 6.07) is 0.332. The van der Waals surface area contributed by atoms with Gasteiger partial charge in [0.1, 0.15) is 5.60 Å². The first-order valence-electron chi connectivity index (χ1n) is 5.47. The Hall–Kier alpha value is -0.730. The van der Waals surface area contributed by atoms with Crippen LogP contribution in [0.25, 0.3) is 0 Å². The van der Waals surface area contributed by atoms with Crippen molar-refractivity contribution in [1.29, 1.82) is 0 Å². The van der Waals surface area contributed by atoms with Gasteiger partial charge < -0.3 is 10.1 Å². The van der Waals surface area contributed by atoms with E-state index in [0.29, 0.717) is 6.04 Å². The quantitative estimate of drug-likeness (QED) is 0.708. The number of hydrogen-bond acceptors (Lipinski definition) is 2. The second-order valence-corrected chi connectivity index (χ2v) is 4.98. The third-order valence-corrected chi connectivity index (χ3v) is 2.33. The van der Waals surface area contributed by atoms with Gasteiger partial charge in [-0.1, -0.05) is 19.3 Å². The lowest BCUT2D eigenvalue weighted by molar-refractivity contribution is 0.0493. The van der Waals surface area contributed by atoms with Gasteiger partial charge in [-0.05, 0) is 33.6 Å². The Morgan fingerprint density at radius 3 is 2.36 bits per heavy atom. The lowest BCUT2D eigenvalue weighted by Gasteiger charge is -2.25. The van der Waals surface area contributed by atoms with Crippen LogP contribution < -0.4 is 5.32 Å². The number of amides is 1. The summed E-state index contributed by atoms with van der Waals surface area (Å²) in [5.74, 6) is 0. The predicted molar refractivity (Wildman–Crippen MR) is 58.4 cm³/mol. The number of nitrogens with one attached hydrogen (secondary N) is 1. The van der Waals surface area contributed by atoms with E-state index < -0.39 is 5.60 Å². The zero-order valence-corrected chi connectivity index (χ0v) is 9.43. The van der Waals surface area contributed by atoms with Gasteiger partial charge in [-0.15, -0.1) is 0 Å². The molecule has 1 saturated carbocycles.